The molecule has 9 N–H and O–H groups in total. The SMILES string of the molecule is CCC(C)C(NC(=O)C(N)CCC(N)=O)C(=O)NC(C(=O)NC(CCC(=O)O)C(=O)O)C(C)CC. The molecule has 0 saturated heterocycles. The number of hydrogen-bond donors (Lipinski definition) is 7. The summed E-state index contributed by atoms with van der Waals surface area (Å²) < 4.78 is 0. The van der Waals surface area contributed by atoms with Crippen LogP contribution in [0.2, 0.25) is 0 Å². The van der Waals surface area contributed by atoms with E-state index in [0.717, 1.165) is 0 Å². The third kappa shape index (κ3) is 11.7. The third-order valence-corrected chi connectivity index (χ3v) is 5.89. The number of carbonyl (C=O) groups is 6. The molecular formula is C22H39N5O8. The Hall–Kier alpha value is -3.22. The molecule has 0 aromatic carbocycles. The second-order valence-corrected chi connectivity index (χ2v) is 8.69. The van der Waals surface area contributed by atoms with Gasteiger partial charge in [-0.25, -0.2) is 4.79 Å². The van der Waals surface area contributed by atoms with Gasteiger partial charge in [0.2, 0.25) is 23.6 Å². The minimum atomic E-state index is -1.45. The van der Waals surface area contributed by atoms with Crippen LogP contribution in [0.4, 0.5) is 0 Å². The Morgan fingerprint density at radius 2 is 1.20 bits per heavy atom. The van der Waals surface area contributed by atoms with Crippen molar-refractivity contribution in [2.45, 2.75) is 90.4 Å². The number of rotatable bonds is 17. The molecule has 0 radical (unpaired) electrons. The summed E-state index contributed by atoms with van der Waals surface area (Å²) in [5.41, 5.74) is 10.9. The summed E-state index contributed by atoms with van der Waals surface area (Å²) >= 11 is 0. The summed E-state index contributed by atoms with van der Waals surface area (Å²) in [6.07, 6.45) is 0.0789. The zero-order valence-corrected chi connectivity index (χ0v) is 20.7. The molecule has 200 valence electrons. The molecule has 0 aliphatic rings. The van der Waals surface area contributed by atoms with Crippen molar-refractivity contribution in [2.24, 2.45) is 23.3 Å². The number of nitrogens with two attached hydrogens (primary N) is 2. The molecule has 13 heteroatoms. The maximum Gasteiger partial charge on any atom is 0.326 e. The Bertz CT molecular complexity index is 775. The molecular weight excluding hydrogens is 462 g/mol. The number of aliphatic carboxylic acids is 2. The topological polar surface area (TPSA) is 231 Å². The quantitative estimate of drug-likeness (QED) is 0.130. The van der Waals surface area contributed by atoms with E-state index < -0.39 is 72.1 Å². The minimum Gasteiger partial charge on any atom is -0.481 e. The van der Waals surface area contributed by atoms with E-state index in [0.29, 0.717) is 12.8 Å². The van der Waals surface area contributed by atoms with Gasteiger partial charge in [-0.15, -0.1) is 0 Å². The number of carbonyl (C=O) groups excluding carboxylic acids is 4. The zero-order chi connectivity index (χ0) is 27.3. The molecule has 0 rings (SSSR count). The second-order valence-electron chi connectivity index (χ2n) is 8.69. The van der Waals surface area contributed by atoms with Gasteiger partial charge in [-0.2, -0.15) is 0 Å². The van der Waals surface area contributed by atoms with Gasteiger partial charge in [-0.1, -0.05) is 40.5 Å². The third-order valence-electron chi connectivity index (χ3n) is 5.89. The van der Waals surface area contributed by atoms with Gasteiger partial charge in [0.1, 0.15) is 18.1 Å². The number of amides is 4. The largest absolute Gasteiger partial charge is 0.481 e. The highest BCUT2D eigenvalue weighted by molar-refractivity contribution is 5.94. The number of nitrogens with one attached hydrogen (secondary N) is 3. The Balaban J connectivity index is 5.58. The fourth-order valence-corrected chi connectivity index (χ4v) is 3.12. The summed E-state index contributed by atoms with van der Waals surface area (Å²) in [6, 6.07) is -4.70. The van der Waals surface area contributed by atoms with E-state index in [2.05, 4.69) is 16.0 Å². The first-order chi connectivity index (χ1) is 16.2. The Kier molecular flexibility index (Phi) is 14.2. The highest BCUT2D eigenvalue weighted by atomic mass is 16.4. The van der Waals surface area contributed by atoms with Crippen molar-refractivity contribution in [2.75, 3.05) is 0 Å². The van der Waals surface area contributed by atoms with Crippen LogP contribution in [0.3, 0.4) is 0 Å². The summed E-state index contributed by atoms with van der Waals surface area (Å²) in [7, 11) is 0. The Morgan fingerprint density at radius 1 is 0.743 bits per heavy atom. The normalized spacial score (nSPS) is 16.0. The van der Waals surface area contributed by atoms with E-state index in [9.17, 15) is 33.9 Å². The highest BCUT2D eigenvalue weighted by Crippen LogP contribution is 2.13. The van der Waals surface area contributed by atoms with Crippen molar-refractivity contribution < 1.29 is 39.0 Å². The molecule has 0 aromatic heterocycles. The maximum absolute atomic E-state index is 13.1. The summed E-state index contributed by atoms with van der Waals surface area (Å²) in [5.74, 6) is -6.07. The van der Waals surface area contributed by atoms with Crippen LogP contribution in [0, 0.1) is 11.8 Å². The van der Waals surface area contributed by atoms with E-state index in [1.54, 1.807) is 20.8 Å². The molecule has 0 aliphatic carbocycles. The molecule has 0 fully saturated rings. The van der Waals surface area contributed by atoms with Crippen LogP contribution >= 0.6 is 0 Å². The molecule has 0 bridgehead atoms. The lowest BCUT2D eigenvalue weighted by Gasteiger charge is -2.30. The van der Waals surface area contributed by atoms with Crippen LogP contribution in [-0.4, -0.2) is 69.9 Å². The van der Waals surface area contributed by atoms with Crippen LogP contribution < -0.4 is 27.4 Å². The molecule has 0 spiro atoms. The van der Waals surface area contributed by atoms with E-state index in [1.807, 2.05) is 6.92 Å². The van der Waals surface area contributed by atoms with Crippen molar-refractivity contribution in [3.63, 3.8) is 0 Å². The van der Waals surface area contributed by atoms with Crippen LogP contribution in [0.15, 0.2) is 0 Å². The van der Waals surface area contributed by atoms with Crippen molar-refractivity contribution in [3.8, 4) is 0 Å². The molecule has 6 unspecified atom stereocenters. The standard InChI is InChI=1S/C22H39N5O8/c1-5-11(3)17(20(32)25-14(22(34)35)8-10-16(29)30)27-21(33)18(12(4)6-2)26-19(31)13(23)7-9-15(24)28/h11-14,17-18H,5-10,23H2,1-4H3,(H2,24,28)(H,25,32)(H,26,31)(H,27,33)(H,29,30)(H,34,35). The first-order valence-electron chi connectivity index (χ1n) is 11.6. The van der Waals surface area contributed by atoms with Crippen molar-refractivity contribution >= 4 is 35.6 Å². The Labute approximate surface area is 204 Å². The smallest absolute Gasteiger partial charge is 0.326 e. The number of primary amides is 1. The van der Waals surface area contributed by atoms with Gasteiger partial charge in [0.15, 0.2) is 0 Å². The molecule has 4 amide bonds. The first-order valence-corrected chi connectivity index (χ1v) is 11.6. The Morgan fingerprint density at radius 3 is 1.60 bits per heavy atom. The fourth-order valence-electron chi connectivity index (χ4n) is 3.12. The maximum atomic E-state index is 13.1. The lowest BCUT2D eigenvalue weighted by Crippen LogP contribution is -2.60. The van der Waals surface area contributed by atoms with Gasteiger partial charge in [0.25, 0.3) is 0 Å². The molecule has 0 heterocycles. The second kappa shape index (κ2) is 15.6. The summed E-state index contributed by atoms with van der Waals surface area (Å²) in [4.78, 5) is 71.7. The van der Waals surface area contributed by atoms with Crippen LogP contribution in [0.1, 0.15) is 66.2 Å². The average molecular weight is 502 g/mol. The number of hydrogen-bond acceptors (Lipinski definition) is 7. The summed E-state index contributed by atoms with van der Waals surface area (Å²) in [6.45, 7) is 7.00. The highest BCUT2D eigenvalue weighted by Gasteiger charge is 2.34. The minimum absolute atomic E-state index is 0.000824. The van der Waals surface area contributed by atoms with Crippen molar-refractivity contribution in [1.82, 2.24) is 16.0 Å². The lowest BCUT2D eigenvalue weighted by atomic mass is 9.94. The van der Waals surface area contributed by atoms with Crippen LogP contribution in [0.5, 0.6) is 0 Å². The van der Waals surface area contributed by atoms with Gasteiger partial charge < -0.3 is 37.6 Å². The molecule has 0 aliphatic heterocycles. The van der Waals surface area contributed by atoms with Gasteiger partial charge in [0.05, 0.1) is 6.04 Å². The lowest BCUT2D eigenvalue weighted by molar-refractivity contribution is -0.144. The van der Waals surface area contributed by atoms with Gasteiger partial charge >= 0.3 is 11.9 Å². The predicted molar refractivity (Wildman–Crippen MR) is 126 cm³/mol. The molecule has 35 heavy (non-hydrogen) atoms. The zero-order valence-electron chi connectivity index (χ0n) is 20.7. The molecule has 0 saturated carbocycles. The van der Waals surface area contributed by atoms with E-state index >= 15 is 0 Å². The van der Waals surface area contributed by atoms with Crippen molar-refractivity contribution in [3.05, 3.63) is 0 Å². The van der Waals surface area contributed by atoms with E-state index in [1.165, 1.54) is 0 Å². The monoisotopic (exact) mass is 501 g/mol. The number of carboxylic acid groups (broad SMARTS) is 2. The van der Waals surface area contributed by atoms with E-state index in [4.69, 9.17) is 16.6 Å². The van der Waals surface area contributed by atoms with Gasteiger partial charge in [-0.05, 0) is 24.7 Å². The molecule has 0 aromatic rings. The van der Waals surface area contributed by atoms with Crippen LogP contribution in [0.25, 0.3) is 0 Å². The summed E-state index contributed by atoms with van der Waals surface area (Å²) in [5, 5.41) is 25.6. The first kappa shape index (κ1) is 31.8. The molecule has 6 atom stereocenters. The average Bonchev–Trinajstić information content (AvgIpc) is 2.79. The van der Waals surface area contributed by atoms with Crippen LogP contribution in [-0.2, 0) is 28.8 Å². The number of carboxylic acids is 2. The van der Waals surface area contributed by atoms with Crippen molar-refractivity contribution in [1.29, 1.82) is 0 Å². The van der Waals surface area contributed by atoms with Gasteiger partial charge in [0, 0.05) is 12.8 Å². The predicted octanol–water partition coefficient (Wildman–Crippen LogP) is -0.925. The van der Waals surface area contributed by atoms with E-state index in [-0.39, 0.29) is 25.2 Å². The molecule has 13 nitrogen and oxygen atoms in total. The van der Waals surface area contributed by atoms with Gasteiger partial charge in [-0.3, -0.25) is 24.0 Å². The fraction of sp³-hybridized carbons (Fsp3) is 0.727.